The molecule has 0 bridgehead atoms. The summed E-state index contributed by atoms with van der Waals surface area (Å²) < 4.78 is 10.8. The molecule has 0 atom stereocenters. The molecule has 0 fully saturated rings. The number of nitrogens with one attached hydrogen (secondary N) is 2. The van der Waals surface area contributed by atoms with E-state index in [2.05, 4.69) is 28.6 Å². The molecule has 0 saturated carbocycles. The molecule has 2 N–H and O–H groups in total. The molecule has 0 saturated heterocycles. The number of halogens is 1. The first-order valence-electron chi connectivity index (χ1n) is 9.41. The number of carbonyl (C=O) groups is 1. The second-order valence-corrected chi connectivity index (χ2v) is 6.42. The Labute approximate surface area is 186 Å². The molecule has 8 heteroatoms. The van der Waals surface area contributed by atoms with Gasteiger partial charge in [0.1, 0.15) is 12.3 Å². The lowest BCUT2D eigenvalue weighted by Crippen LogP contribution is -2.40. The summed E-state index contributed by atoms with van der Waals surface area (Å²) in [6.45, 7) is 7.00. The standard InChI is InChI=1S/C20H34N4O3.HI/c1-6-27-13-7-11-21-20(23-15-19(25)24(3)4)22-12-10-17-14-16(2)8-9-18(17)26-5;/h8-9,14H,6-7,10-13,15H2,1-5H3,(H2,21,22,23);1H. The molecule has 0 radical (unpaired) electrons. The Balaban J connectivity index is 0.00000729. The van der Waals surface area contributed by atoms with Crippen LogP contribution >= 0.6 is 24.0 Å². The van der Waals surface area contributed by atoms with Crippen LogP contribution in [0.1, 0.15) is 24.5 Å². The molecule has 7 nitrogen and oxygen atoms in total. The van der Waals surface area contributed by atoms with E-state index in [1.165, 1.54) is 10.5 Å². The molecule has 1 rings (SSSR count). The average Bonchev–Trinajstić information content (AvgIpc) is 2.65. The van der Waals surface area contributed by atoms with E-state index in [1.54, 1.807) is 21.2 Å². The highest BCUT2D eigenvalue weighted by Gasteiger charge is 2.06. The molecule has 0 aromatic heterocycles. The van der Waals surface area contributed by atoms with Crippen LogP contribution in [0.15, 0.2) is 23.2 Å². The number of hydrogen-bond donors (Lipinski definition) is 2. The van der Waals surface area contributed by atoms with Gasteiger partial charge in [-0.15, -0.1) is 24.0 Å². The first-order chi connectivity index (χ1) is 13.0. The number of aliphatic imine (C=N–C) groups is 1. The minimum Gasteiger partial charge on any atom is -0.496 e. The van der Waals surface area contributed by atoms with Crippen molar-refractivity contribution in [3.63, 3.8) is 0 Å². The highest BCUT2D eigenvalue weighted by molar-refractivity contribution is 14.0. The molecular weight excluding hydrogens is 471 g/mol. The van der Waals surface area contributed by atoms with Crippen LogP contribution in [0.2, 0.25) is 0 Å². The number of likely N-dealkylation sites (N-methyl/N-ethyl adjacent to an activating group) is 1. The van der Waals surface area contributed by atoms with E-state index in [9.17, 15) is 4.79 Å². The predicted octanol–water partition coefficient (Wildman–Crippen LogP) is 2.21. The van der Waals surface area contributed by atoms with Gasteiger partial charge < -0.3 is 25.0 Å². The second kappa shape index (κ2) is 15.4. The number of guanidine groups is 1. The second-order valence-electron chi connectivity index (χ2n) is 6.42. The number of hydrogen-bond acceptors (Lipinski definition) is 4. The molecule has 1 amide bonds. The van der Waals surface area contributed by atoms with Gasteiger partial charge in [-0.1, -0.05) is 17.7 Å². The van der Waals surface area contributed by atoms with Gasteiger partial charge in [0.2, 0.25) is 5.91 Å². The van der Waals surface area contributed by atoms with Crippen LogP contribution in [0.4, 0.5) is 0 Å². The summed E-state index contributed by atoms with van der Waals surface area (Å²) in [5.41, 5.74) is 2.34. The minimum absolute atomic E-state index is 0. The van der Waals surface area contributed by atoms with Gasteiger partial charge in [0.15, 0.2) is 5.96 Å². The zero-order valence-corrected chi connectivity index (χ0v) is 20.0. The van der Waals surface area contributed by atoms with Crippen LogP contribution in [0.3, 0.4) is 0 Å². The fourth-order valence-electron chi connectivity index (χ4n) is 2.41. The summed E-state index contributed by atoms with van der Waals surface area (Å²) in [7, 11) is 5.14. The molecule has 0 heterocycles. The lowest BCUT2D eigenvalue weighted by atomic mass is 10.1. The third kappa shape index (κ3) is 10.7. The molecule has 28 heavy (non-hydrogen) atoms. The zero-order chi connectivity index (χ0) is 20.1. The summed E-state index contributed by atoms with van der Waals surface area (Å²) in [5.74, 6) is 1.48. The lowest BCUT2D eigenvalue weighted by Gasteiger charge is -2.15. The number of aryl methyl sites for hydroxylation is 1. The fraction of sp³-hybridized carbons (Fsp3) is 0.600. The Morgan fingerprint density at radius 2 is 1.93 bits per heavy atom. The minimum atomic E-state index is -0.0363. The van der Waals surface area contributed by atoms with Gasteiger partial charge in [-0.2, -0.15) is 0 Å². The average molecular weight is 506 g/mol. The Bertz CT molecular complexity index is 609. The summed E-state index contributed by atoms with van der Waals surface area (Å²) in [6.07, 6.45) is 1.67. The maximum absolute atomic E-state index is 11.8. The highest BCUT2D eigenvalue weighted by atomic mass is 127. The van der Waals surface area contributed by atoms with Gasteiger partial charge >= 0.3 is 0 Å². The zero-order valence-electron chi connectivity index (χ0n) is 17.7. The van der Waals surface area contributed by atoms with Crippen LogP contribution in [0, 0.1) is 6.92 Å². The lowest BCUT2D eigenvalue weighted by molar-refractivity contribution is -0.127. The van der Waals surface area contributed by atoms with Crippen molar-refractivity contribution in [3.8, 4) is 5.75 Å². The Morgan fingerprint density at radius 3 is 2.57 bits per heavy atom. The van der Waals surface area contributed by atoms with Gasteiger partial charge in [0, 0.05) is 40.4 Å². The Hall–Kier alpha value is -1.55. The van der Waals surface area contributed by atoms with Crippen LogP contribution in [0.5, 0.6) is 5.75 Å². The SMILES string of the molecule is CCOCCCNC(=NCC(=O)N(C)C)NCCc1cc(C)ccc1OC.I. The van der Waals surface area contributed by atoms with E-state index in [4.69, 9.17) is 9.47 Å². The van der Waals surface area contributed by atoms with Crippen molar-refractivity contribution in [2.45, 2.75) is 26.7 Å². The van der Waals surface area contributed by atoms with Crippen molar-refractivity contribution in [1.82, 2.24) is 15.5 Å². The number of ether oxygens (including phenoxy) is 2. The number of carbonyl (C=O) groups excluding carboxylic acids is 1. The summed E-state index contributed by atoms with van der Waals surface area (Å²) in [4.78, 5) is 17.7. The largest absolute Gasteiger partial charge is 0.496 e. The maximum atomic E-state index is 11.8. The van der Waals surface area contributed by atoms with E-state index in [1.807, 2.05) is 19.1 Å². The predicted molar refractivity (Wildman–Crippen MR) is 125 cm³/mol. The molecule has 0 aliphatic rings. The number of rotatable bonds is 11. The molecule has 0 aliphatic heterocycles. The van der Waals surface area contributed by atoms with Gasteiger partial charge in [0.25, 0.3) is 0 Å². The maximum Gasteiger partial charge on any atom is 0.243 e. The smallest absolute Gasteiger partial charge is 0.243 e. The highest BCUT2D eigenvalue weighted by Crippen LogP contribution is 2.19. The number of benzene rings is 1. The van der Waals surface area contributed by atoms with Gasteiger partial charge in [-0.05, 0) is 38.3 Å². The van der Waals surface area contributed by atoms with Gasteiger partial charge in [-0.3, -0.25) is 4.79 Å². The van der Waals surface area contributed by atoms with Gasteiger partial charge in [0.05, 0.1) is 7.11 Å². The van der Waals surface area contributed by atoms with Crippen molar-refractivity contribution in [3.05, 3.63) is 29.3 Å². The van der Waals surface area contributed by atoms with Crippen LogP contribution in [-0.4, -0.2) is 70.8 Å². The fourth-order valence-corrected chi connectivity index (χ4v) is 2.41. The molecule has 0 spiro atoms. The van der Waals surface area contributed by atoms with Crippen LogP contribution in [0.25, 0.3) is 0 Å². The van der Waals surface area contributed by atoms with Crippen molar-refractivity contribution in [1.29, 1.82) is 0 Å². The van der Waals surface area contributed by atoms with Crippen molar-refractivity contribution in [2.24, 2.45) is 4.99 Å². The first-order valence-corrected chi connectivity index (χ1v) is 9.41. The Kier molecular flexibility index (Phi) is 14.5. The molecule has 160 valence electrons. The summed E-state index contributed by atoms with van der Waals surface area (Å²) in [5, 5.41) is 6.55. The third-order valence-electron chi connectivity index (χ3n) is 3.96. The molecule has 0 unspecified atom stereocenters. The summed E-state index contributed by atoms with van der Waals surface area (Å²) >= 11 is 0. The van der Waals surface area contributed by atoms with Gasteiger partial charge in [-0.25, -0.2) is 4.99 Å². The van der Waals surface area contributed by atoms with E-state index in [0.717, 1.165) is 37.3 Å². The third-order valence-corrected chi connectivity index (χ3v) is 3.96. The number of methoxy groups -OCH3 is 1. The molecular formula is C20H35IN4O3. The quantitative estimate of drug-likeness (QED) is 0.209. The van der Waals surface area contributed by atoms with Crippen molar-refractivity contribution < 1.29 is 14.3 Å². The monoisotopic (exact) mass is 506 g/mol. The molecule has 1 aromatic rings. The normalized spacial score (nSPS) is 10.8. The summed E-state index contributed by atoms with van der Waals surface area (Å²) in [6, 6.07) is 6.15. The molecule has 1 aromatic carbocycles. The van der Waals surface area contributed by atoms with E-state index in [0.29, 0.717) is 19.1 Å². The van der Waals surface area contributed by atoms with E-state index >= 15 is 0 Å². The van der Waals surface area contributed by atoms with E-state index < -0.39 is 0 Å². The number of nitrogens with zero attached hydrogens (tertiary/aromatic N) is 2. The van der Waals surface area contributed by atoms with Crippen LogP contribution < -0.4 is 15.4 Å². The Morgan fingerprint density at radius 1 is 1.21 bits per heavy atom. The topological polar surface area (TPSA) is 75.2 Å². The molecule has 0 aliphatic carbocycles. The van der Waals surface area contributed by atoms with Crippen LogP contribution in [-0.2, 0) is 16.0 Å². The van der Waals surface area contributed by atoms with Crippen molar-refractivity contribution >= 4 is 35.8 Å². The van der Waals surface area contributed by atoms with Crippen molar-refractivity contribution in [2.75, 3.05) is 54.1 Å². The first kappa shape index (κ1) is 26.4. The van der Waals surface area contributed by atoms with E-state index in [-0.39, 0.29) is 36.4 Å². The number of amides is 1.